The van der Waals surface area contributed by atoms with Gasteiger partial charge < -0.3 is 14.8 Å². The Morgan fingerprint density at radius 2 is 1.59 bits per heavy atom. The second-order valence-electron chi connectivity index (χ2n) is 9.05. The Morgan fingerprint density at radius 1 is 0.892 bits per heavy atom. The molecule has 3 aromatic carbocycles. The third kappa shape index (κ3) is 5.04. The van der Waals surface area contributed by atoms with Crippen molar-refractivity contribution in [2.24, 2.45) is 0 Å². The van der Waals surface area contributed by atoms with Gasteiger partial charge in [0, 0.05) is 17.2 Å². The van der Waals surface area contributed by atoms with Crippen molar-refractivity contribution in [1.29, 1.82) is 0 Å². The van der Waals surface area contributed by atoms with Crippen LogP contribution in [0.15, 0.2) is 102 Å². The highest BCUT2D eigenvalue weighted by atomic mass is 79.9. The normalized spacial score (nSPS) is 14.0. The smallest absolute Gasteiger partial charge is 0.316 e. The molecule has 0 saturated carbocycles. The van der Waals surface area contributed by atoms with E-state index in [0.717, 1.165) is 39.9 Å². The number of nitrogens with one attached hydrogen (secondary N) is 1. The molecule has 1 aliphatic heterocycles. The van der Waals surface area contributed by atoms with Crippen LogP contribution in [0, 0.1) is 0 Å². The Kier molecular flexibility index (Phi) is 7.42. The summed E-state index contributed by atoms with van der Waals surface area (Å²) in [5.41, 5.74) is 4.47. The van der Waals surface area contributed by atoms with E-state index in [0.29, 0.717) is 12.2 Å². The van der Waals surface area contributed by atoms with Gasteiger partial charge in [0.1, 0.15) is 12.6 Å². The van der Waals surface area contributed by atoms with Gasteiger partial charge in [-0.3, -0.25) is 9.69 Å². The van der Waals surface area contributed by atoms with Crippen LogP contribution in [-0.4, -0.2) is 34.5 Å². The number of para-hydroxylation sites is 3. The molecule has 0 saturated heterocycles. The fourth-order valence-corrected chi connectivity index (χ4v) is 5.19. The summed E-state index contributed by atoms with van der Waals surface area (Å²) < 4.78 is 2.94. The van der Waals surface area contributed by atoms with Crippen LogP contribution in [0.25, 0.3) is 5.69 Å². The number of aromatic nitrogens is 1. The van der Waals surface area contributed by atoms with Gasteiger partial charge in [0.05, 0.1) is 22.8 Å². The van der Waals surface area contributed by atoms with Crippen molar-refractivity contribution in [2.75, 3.05) is 23.3 Å². The molecular formula is C30H29BrN4O2. The van der Waals surface area contributed by atoms with Gasteiger partial charge in [-0.2, -0.15) is 0 Å². The molecule has 0 aliphatic carbocycles. The first-order chi connectivity index (χ1) is 18.1. The summed E-state index contributed by atoms with van der Waals surface area (Å²) in [6.07, 6.45) is 3.75. The van der Waals surface area contributed by atoms with E-state index in [1.165, 1.54) is 0 Å². The molecule has 1 unspecified atom stereocenters. The van der Waals surface area contributed by atoms with E-state index in [2.05, 4.69) is 38.8 Å². The van der Waals surface area contributed by atoms with Gasteiger partial charge in [-0.15, -0.1) is 0 Å². The maximum atomic E-state index is 14.2. The number of nitrogens with zero attached hydrogens (tertiary/aromatic N) is 3. The maximum Gasteiger partial charge on any atom is 0.322 e. The lowest BCUT2D eigenvalue weighted by Crippen LogP contribution is -2.48. The standard InChI is InChI=1S/C30H29BrN4O2/c1-2-3-19-33(30(37)32-24-15-8-7-14-23(24)31)21-28(36)35-26-17-10-9-16-25(26)34-20-11-18-27(34)29(35)22-12-5-4-6-13-22/h4-18,20,29H,2-3,19,21H2,1H3,(H,32,37). The number of carbonyl (C=O) groups excluding carboxylic acids is 2. The van der Waals surface area contributed by atoms with E-state index in [9.17, 15) is 9.59 Å². The lowest BCUT2D eigenvalue weighted by Gasteiger charge is -2.39. The maximum absolute atomic E-state index is 14.2. The van der Waals surface area contributed by atoms with Gasteiger partial charge in [-0.05, 0) is 64.3 Å². The molecule has 37 heavy (non-hydrogen) atoms. The number of urea groups is 1. The van der Waals surface area contributed by atoms with Crippen molar-refractivity contribution in [3.05, 3.63) is 113 Å². The number of benzene rings is 3. The fraction of sp³-hybridized carbons (Fsp3) is 0.200. The molecule has 1 atom stereocenters. The average molecular weight is 557 g/mol. The first kappa shape index (κ1) is 24.8. The molecule has 2 heterocycles. The Morgan fingerprint density at radius 3 is 2.35 bits per heavy atom. The van der Waals surface area contributed by atoms with Crippen molar-refractivity contribution in [3.63, 3.8) is 0 Å². The number of halogens is 1. The van der Waals surface area contributed by atoms with Crippen molar-refractivity contribution >= 4 is 39.2 Å². The third-order valence-electron chi connectivity index (χ3n) is 6.61. The van der Waals surface area contributed by atoms with Gasteiger partial charge in [0.25, 0.3) is 0 Å². The summed E-state index contributed by atoms with van der Waals surface area (Å²) in [5, 5.41) is 2.97. The number of unbranched alkanes of at least 4 members (excludes halogenated alkanes) is 1. The van der Waals surface area contributed by atoms with Crippen LogP contribution in [-0.2, 0) is 4.79 Å². The number of fused-ring (bicyclic) bond motifs is 3. The molecule has 188 valence electrons. The predicted molar refractivity (Wildman–Crippen MR) is 151 cm³/mol. The van der Waals surface area contributed by atoms with E-state index >= 15 is 0 Å². The Balaban J connectivity index is 1.50. The highest BCUT2D eigenvalue weighted by Crippen LogP contribution is 2.42. The molecule has 0 fully saturated rings. The molecule has 0 spiro atoms. The predicted octanol–water partition coefficient (Wildman–Crippen LogP) is 7.01. The zero-order chi connectivity index (χ0) is 25.8. The number of hydrogen-bond donors (Lipinski definition) is 1. The fourth-order valence-electron chi connectivity index (χ4n) is 4.81. The lowest BCUT2D eigenvalue weighted by molar-refractivity contribution is -0.119. The minimum atomic E-state index is -0.307. The quantitative estimate of drug-likeness (QED) is 0.266. The van der Waals surface area contributed by atoms with Crippen molar-refractivity contribution in [2.45, 2.75) is 25.8 Å². The minimum absolute atomic E-state index is 0.0331. The van der Waals surface area contributed by atoms with Crippen molar-refractivity contribution in [1.82, 2.24) is 9.47 Å². The van der Waals surface area contributed by atoms with Crippen LogP contribution >= 0.6 is 15.9 Å². The second kappa shape index (κ2) is 11.0. The molecule has 3 amide bonds. The van der Waals surface area contributed by atoms with E-state index in [1.807, 2.05) is 96.0 Å². The lowest BCUT2D eigenvalue weighted by atomic mass is 9.97. The van der Waals surface area contributed by atoms with E-state index in [-0.39, 0.29) is 24.5 Å². The first-order valence-corrected chi connectivity index (χ1v) is 13.3. The average Bonchev–Trinajstić information content (AvgIpc) is 3.42. The molecular weight excluding hydrogens is 528 g/mol. The monoisotopic (exact) mass is 556 g/mol. The van der Waals surface area contributed by atoms with Crippen LogP contribution in [0.3, 0.4) is 0 Å². The SMILES string of the molecule is CCCCN(CC(=O)N1c2ccccc2-n2cccc2C1c1ccccc1)C(=O)Nc1ccccc1Br. The van der Waals surface area contributed by atoms with Gasteiger partial charge in [0.15, 0.2) is 0 Å². The first-order valence-electron chi connectivity index (χ1n) is 12.5. The molecule has 4 aromatic rings. The summed E-state index contributed by atoms with van der Waals surface area (Å²) in [6.45, 7) is 2.53. The second-order valence-corrected chi connectivity index (χ2v) is 9.91. The summed E-state index contributed by atoms with van der Waals surface area (Å²) in [4.78, 5) is 31.0. The summed E-state index contributed by atoms with van der Waals surface area (Å²) >= 11 is 3.49. The summed E-state index contributed by atoms with van der Waals surface area (Å²) in [7, 11) is 0. The van der Waals surface area contributed by atoms with E-state index < -0.39 is 0 Å². The Hall–Kier alpha value is -3.84. The van der Waals surface area contributed by atoms with Gasteiger partial charge >= 0.3 is 6.03 Å². The van der Waals surface area contributed by atoms with Crippen molar-refractivity contribution < 1.29 is 9.59 Å². The van der Waals surface area contributed by atoms with Gasteiger partial charge in [-0.25, -0.2) is 4.79 Å². The zero-order valence-corrected chi connectivity index (χ0v) is 22.3. The minimum Gasteiger partial charge on any atom is -0.316 e. The summed E-state index contributed by atoms with van der Waals surface area (Å²) in [5.74, 6) is -0.132. The molecule has 6 nitrogen and oxygen atoms in total. The highest BCUT2D eigenvalue weighted by molar-refractivity contribution is 9.10. The molecule has 7 heteroatoms. The topological polar surface area (TPSA) is 57.6 Å². The van der Waals surface area contributed by atoms with Gasteiger partial charge in [-0.1, -0.05) is 67.9 Å². The van der Waals surface area contributed by atoms with E-state index in [4.69, 9.17) is 0 Å². The van der Waals surface area contributed by atoms with Crippen molar-refractivity contribution in [3.8, 4) is 5.69 Å². The summed E-state index contributed by atoms with van der Waals surface area (Å²) in [6, 6.07) is 28.9. The molecule has 1 N–H and O–H groups in total. The van der Waals surface area contributed by atoms with Crippen LogP contribution in [0.2, 0.25) is 0 Å². The van der Waals surface area contributed by atoms with Gasteiger partial charge in [0.2, 0.25) is 5.91 Å². The Labute approximate surface area is 225 Å². The van der Waals surface area contributed by atoms with Crippen LogP contribution < -0.4 is 10.2 Å². The molecule has 5 rings (SSSR count). The molecule has 1 aromatic heterocycles. The highest BCUT2D eigenvalue weighted by Gasteiger charge is 2.36. The number of anilines is 2. The van der Waals surface area contributed by atoms with Crippen LogP contribution in [0.4, 0.5) is 16.2 Å². The number of rotatable bonds is 7. The van der Waals surface area contributed by atoms with E-state index in [1.54, 1.807) is 4.90 Å². The molecule has 0 bridgehead atoms. The largest absolute Gasteiger partial charge is 0.322 e. The number of carbonyl (C=O) groups is 2. The zero-order valence-electron chi connectivity index (χ0n) is 20.7. The number of hydrogen-bond acceptors (Lipinski definition) is 2. The Bertz CT molecular complexity index is 1400. The van der Waals surface area contributed by atoms with Crippen LogP contribution in [0.1, 0.15) is 37.1 Å². The third-order valence-corrected chi connectivity index (χ3v) is 7.31. The molecule has 1 aliphatic rings. The van der Waals surface area contributed by atoms with Crippen LogP contribution in [0.5, 0.6) is 0 Å². The molecule has 0 radical (unpaired) electrons. The number of amides is 3.